The summed E-state index contributed by atoms with van der Waals surface area (Å²) < 4.78 is 13.1. The topological polar surface area (TPSA) is 34.6 Å². The van der Waals surface area contributed by atoms with Crippen LogP contribution in [0.15, 0.2) is 66.3 Å². The molecule has 0 spiro atoms. The normalized spacial score (nSPS) is 14.2. The summed E-state index contributed by atoms with van der Waals surface area (Å²) in [5, 5.41) is 3.51. The van der Waals surface area contributed by atoms with Gasteiger partial charge < -0.3 is 9.47 Å². The number of hydrogen-bond donors (Lipinski definition) is 0. The Kier molecular flexibility index (Phi) is 4.92. The predicted octanol–water partition coefficient (Wildman–Crippen LogP) is 5.37. The van der Waals surface area contributed by atoms with E-state index in [1.165, 1.54) is 32.3 Å². The molecule has 4 nitrogen and oxygen atoms in total. The van der Waals surface area contributed by atoms with Gasteiger partial charge in [0.2, 0.25) is 0 Å². The Hall–Kier alpha value is -2.89. The van der Waals surface area contributed by atoms with Crippen LogP contribution in [-0.2, 0) is 13.1 Å². The number of methoxy groups -OCH3 is 1. The minimum atomic E-state index is 0.648. The molecule has 2 aromatic carbocycles. The summed E-state index contributed by atoms with van der Waals surface area (Å²) in [6.07, 6.45) is 3.70. The summed E-state index contributed by atoms with van der Waals surface area (Å²) in [5.74, 6) is 1.67. The van der Waals surface area contributed by atoms with Crippen molar-refractivity contribution in [3.63, 3.8) is 0 Å². The lowest BCUT2D eigenvalue weighted by molar-refractivity contribution is 0.217. The summed E-state index contributed by atoms with van der Waals surface area (Å²) in [6, 6.07) is 17.0. The van der Waals surface area contributed by atoms with E-state index in [9.17, 15) is 0 Å². The zero-order valence-electron chi connectivity index (χ0n) is 16.3. The van der Waals surface area contributed by atoms with Crippen molar-refractivity contribution in [2.24, 2.45) is 0 Å². The van der Waals surface area contributed by atoms with Gasteiger partial charge in [0.15, 0.2) is 11.5 Å². The fourth-order valence-corrected chi connectivity index (χ4v) is 4.90. The van der Waals surface area contributed by atoms with Crippen LogP contribution in [0, 0.1) is 0 Å². The lowest BCUT2D eigenvalue weighted by atomic mass is 10.0. The molecule has 0 aliphatic carbocycles. The van der Waals surface area contributed by atoms with Gasteiger partial charge in [-0.3, -0.25) is 9.88 Å². The molecule has 0 saturated carbocycles. The van der Waals surface area contributed by atoms with Crippen molar-refractivity contribution in [2.75, 3.05) is 20.3 Å². The Bertz CT molecular complexity index is 1140. The molecule has 0 unspecified atom stereocenters. The number of aromatic nitrogens is 1. The lowest BCUT2D eigenvalue weighted by Gasteiger charge is -2.19. The predicted molar refractivity (Wildman–Crippen MR) is 118 cm³/mol. The van der Waals surface area contributed by atoms with E-state index in [-0.39, 0.29) is 0 Å². The van der Waals surface area contributed by atoms with Crippen molar-refractivity contribution in [2.45, 2.75) is 13.1 Å². The molecule has 5 heteroatoms. The van der Waals surface area contributed by atoms with Crippen LogP contribution in [0.1, 0.15) is 11.1 Å². The smallest absolute Gasteiger partial charge is 0.165 e. The van der Waals surface area contributed by atoms with Crippen LogP contribution in [0.25, 0.3) is 21.2 Å². The van der Waals surface area contributed by atoms with Crippen molar-refractivity contribution < 1.29 is 9.47 Å². The monoisotopic (exact) mass is 402 g/mol. The molecule has 0 amide bonds. The highest BCUT2D eigenvalue weighted by Crippen LogP contribution is 2.41. The van der Waals surface area contributed by atoms with Gasteiger partial charge in [-0.15, -0.1) is 11.3 Å². The number of ether oxygens (including phenoxy) is 2. The number of thiophene rings is 1. The number of fused-ring (bicyclic) bond motifs is 2. The average Bonchev–Trinajstić information content (AvgIpc) is 3.08. The summed E-state index contributed by atoms with van der Waals surface area (Å²) in [5.41, 5.74) is 4.85. The van der Waals surface area contributed by atoms with Gasteiger partial charge in [-0.25, -0.2) is 0 Å². The van der Waals surface area contributed by atoms with Gasteiger partial charge in [0.25, 0.3) is 0 Å². The molecule has 5 rings (SSSR count). The molecule has 4 aromatic rings. The average molecular weight is 403 g/mol. The van der Waals surface area contributed by atoms with Crippen molar-refractivity contribution in [1.82, 2.24) is 9.88 Å². The molecule has 1 aliphatic rings. The Morgan fingerprint density at radius 2 is 2.00 bits per heavy atom. The van der Waals surface area contributed by atoms with Crippen LogP contribution in [0.3, 0.4) is 0 Å². The molecule has 29 heavy (non-hydrogen) atoms. The number of benzene rings is 2. The first-order chi connectivity index (χ1) is 14.3. The van der Waals surface area contributed by atoms with E-state index in [2.05, 4.69) is 63.8 Å². The maximum atomic E-state index is 6.12. The Labute approximate surface area is 174 Å². The maximum absolute atomic E-state index is 6.12. The van der Waals surface area contributed by atoms with E-state index in [1.54, 1.807) is 18.4 Å². The fraction of sp³-hybridized carbons (Fsp3) is 0.208. The van der Waals surface area contributed by atoms with E-state index in [1.807, 2.05) is 12.4 Å². The van der Waals surface area contributed by atoms with Gasteiger partial charge in [0.1, 0.15) is 6.61 Å². The van der Waals surface area contributed by atoms with Crippen molar-refractivity contribution >= 4 is 21.4 Å². The third kappa shape index (κ3) is 3.59. The van der Waals surface area contributed by atoms with Gasteiger partial charge >= 0.3 is 0 Å². The number of pyridine rings is 1. The highest BCUT2D eigenvalue weighted by atomic mass is 32.1. The highest BCUT2D eigenvalue weighted by molar-refractivity contribution is 7.17. The van der Waals surface area contributed by atoms with Crippen LogP contribution in [0.2, 0.25) is 0 Å². The summed E-state index contributed by atoms with van der Waals surface area (Å²) in [4.78, 5) is 6.53. The fourth-order valence-electron chi connectivity index (χ4n) is 3.93. The van der Waals surface area contributed by atoms with E-state index in [4.69, 9.17) is 9.47 Å². The van der Waals surface area contributed by atoms with E-state index in [0.717, 1.165) is 31.1 Å². The molecule has 0 radical (unpaired) electrons. The third-order valence-electron chi connectivity index (χ3n) is 5.35. The summed E-state index contributed by atoms with van der Waals surface area (Å²) >= 11 is 1.78. The van der Waals surface area contributed by atoms with Gasteiger partial charge in [-0.05, 0) is 46.8 Å². The Morgan fingerprint density at radius 1 is 1.14 bits per heavy atom. The number of rotatable bonds is 4. The first-order valence-electron chi connectivity index (χ1n) is 9.73. The SMILES string of the molecule is COc1cc(-c2csc3ccccc23)cc2c1OCCN(Cc1ccncc1)C2. The van der Waals surface area contributed by atoms with Crippen molar-refractivity contribution in [1.29, 1.82) is 0 Å². The molecule has 0 N–H and O–H groups in total. The standard InChI is InChI=1S/C24H22N2O2S/c1-27-22-13-18(21-16-29-23-5-3-2-4-20(21)23)12-19-15-26(10-11-28-24(19)22)14-17-6-8-25-9-7-17/h2-9,12-13,16H,10-11,14-15H2,1H3. The van der Waals surface area contributed by atoms with Crippen LogP contribution in [-0.4, -0.2) is 30.1 Å². The van der Waals surface area contributed by atoms with E-state index in [0.29, 0.717) is 6.61 Å². The van der Waals surface area contributed by atoms with Gasteiger partial charge in [0.05, 0.1) is 7.11 Å². The number of hydrogen-bond acceptors (Lipinski definition) is 5. The maximum Gasteiger partial charge on any atom is 0.165 e. The van der Waals surface area contributed by atoms with Crippen molar-refractivity contribution in [3.8, 4) is 22.6 Å². The molecule has 0 fully saturated rings. The molecule has 2 aromatic heterocycles. The molecule has 146 valence electrons. The quantitative estimate of drug-likeness (QED) is 0.460. The summed E-state index contributed by atoms with van der Waals surface area (Å²) in [6.45, 7) is 3.22. The largest absolute Gasteiger partial charge is 0.493 e. The van der Waals surface area contributed by atoms with Crippen LogP contribution in [0.5, 0.6) is 11.5 Å². The zero-order valence-corrected chi connectivity index (χ0v) is 17.1. The van der Waals surface area contributed by atoms with Gasteiger partial charge in [-0.1, -0.05) is 18.2 Å². The number of nitrogens with zero attached hydrogens (tertiary/aromatic N) is 2. The Morgan fingerprint density at radius 3 is 2.86 bits per heavy atom. The second-order valence-electron chi connectivity index (χ2n) is 7.23. The van der Waals surface area contributed by atoms with E-state index < -0.39 is 0 Å². The molecule has 3 heterocycles. The minimum absolute atomic E-state index is 0.648. The van der Waals surface area contributed by atoms with Gasteiger partial charge in [-0.2, -0.15) is 0 Å². The lowest BCUT2D eigenvalue weighted by Crippen LogP contribution is -2.25. The van der Waals surface area contributed by atoms with Crippen LogP contribution >= 0.6 is 11.3 Å². The molecule has 0 atom stereocenters. The second kappa shape index (κ2) is 7.85. The first kappa shape index (κ1) is 18.2. The van der Waals surface area contributed by atoms with Crippen LogP contribution in [0.4, 0.5) is 0 Å². The molecule has 0 bridgehead atoms. The van der Waals surface area contributed by atoms with E-state index >= 15 is 0 Å². The summed E-state index contributed by atoms with van der Waals surface area (Å²) in [7, 11) is 1.72. The molecular formula is C24H22N2O2S. The zero-order chi connectivity index (χ0) is 19.6. The van der Waals surface area contributed by atoms with Gasteiger partial charge in [0, 0.05) is 53.2 Å². The van der Waals surface area contributed by atoms with Crippen molar-refractivity contribution in [3.05, 3.63) is 77.4 Å². The Balaban J connectivity index is 1.54. The molecular weight excluding hydrogens is 380 g/mol. The minimum Gasteiger partial charge on any atom is -0.493 e. The third-order valence-corrected chi connectivity index (χ3v) is 6.31. The molecule has 1 aliphatic heterocycles. The molecule has 0 saturated heterocycles. The second-order valence-corrected chi connectivity index (χ2v) is 8.14. The first-order valence-corrected chi connectivity index (χ1v) is 10.6. The highest BCUT2D eigenvalue weighted by Gasteiger charge is 2.21. The van der Waals surface area contributed by atoms with Crippen LogP contribution < -0.4 is 9.47 Å².